The smallest absolute Gasteiger partial charge is 0.334 e. The van der Waals surface area contributed by atoms with E-state index in [1.54, 1.807) is 20.8 Å². The van der Waals surface area contributed by atoms with Crippen molar-refractivity contribution in [3.05, 3.63) is 11.1 Å². The van der Waals surface area contributed by atoms with Gasteiger partial charge in [0.15, 0.2) is 0 Å². The molecule has 0 saturated carbocycles. The molecular formula is C12H20O3. The molecule has 1 aliphatic rings. The van der Waals surface area contributed by atoms with E-state index in [9.17, 15) is 9.90 Å². The normalized spacial score (nSPS) is 19.1. The van der Waals surface area contributed by atoms with Gasteiger partial charge in [-0.3, -0.25) is 0 Å². The molecule has 0 bridgehead atoms. The van der Waals surface area contributed by atoms with Crippen LogP contribution in [0.25, 0.3) is 0 Å². The minimum atomic E-state index is -0.763. The Morgan fingerprint density at radius 2 is 2.00 bits per heavy atom. The largest absolute Gasteiger partial charge is 0.463 e. The predicted molar refractivity (Wildman–Crippen MR) is 58.4 cm³/mol. The summed E-state index contributed by atoms with van der Waals surface area (Å²) in [7, 11) is 0. The third kappa shape index (κ3) is 2.59. The number of carbonyl (C=O) groups is 1. The highest BCUT2D eigenvalue weighted by Crippen LogP contribution is 2.55. The molecule has 0 aromatic carbocycles. The quantitative estimate of drug-likeness (QED) is 0.725. The topological polar surface area (TPSA) is 46.5 Å². The SMILES string of the molecule is CCOC(=O)C1=C(CC(C)(C)O)C1(C)C. The van der Waals surface area contributed by atoms with Gasteiger partial charge in [-0.2, -0.15) is 0 Å². The maximum absolute atomic E-state index is 11.6. The summed E-state index contributed by atoms with van der Waals surface area (Å²) in [5.41, 5.74) is 0.813. The molecule has 0 amide bonds. The summed E-state index contributed by atoms with van der Waals surface area (Å²) in [5.74, 6) is -0.234. The van der Waals surface area contributed by atoms with E-state index in [2.05, 4.69) is 0 Å². The number of aliphatic hydroxyl groups is 1. The third-order valence-electron chi connectivity index (χ3n) is 2.71. The molecule has 86 valence electrons. The Hall–Kier alpha value is -0.830. The summed E-state index contributed by atoms with van der Waals surface area (Å²) in [6.45, 7) is 9.66. The van der Waals surface area contributed by atoms with Gasteiger partial charge < -0.3 is 9.84 Å². The molecular weight excluding hydrogens is 192 g/mol. The van der Waals surface area contributed by atoms with Gasteiger partial charge in [-0.1, -0.05) is 13.8 Å². The Morgan fingerprint density at radius 1 is 1.47 bits per heavy atom. The van der Waals surface area contributed by atoms with Crippen LogP contribution >= 0.6 is 0 Å². The average molecular weight is 212 g/mol. The molecule has 0 radical (unpaired) electrons. The number of ether oxygens (including phenoxy) is 1. The number of carbonyl (C=O) groups excluding carboxylic acids is 1. The van der Waals surface area contributed by atoms with E-state index in [1.807, 2.05) is 13.8 Å². The predicted octanol–water partition coefficient (Wildman–Crippen LogP) is 2.05. The van der Waals surface area contributed by atoms with E-state index in [1.165, 1.54) is 0 Å². The van der Waals surface area contributed by atoms with Crippen molar-refractivity contribution in [1.29, 1.82) is 0 Å². The Morgan fingerprint density at radius 3 is 2.40 bits per heavy atom. The summed E-state index contributed by atoms with van der Waals surface area (Å²) in [6.07, 6.45) is 0.536. The molecule has 0 spiro atoms. The van der Waals surface area contributed by atoms with E-state index in [-0.39, 0.29) is 11.4 Å². The fourth-order valence-corrected chi connectivity index (χ4v) is 1.87. The van der Waals surface area contributed by atoms with Crippen LogP contribution in [0.5, 0.6) is 0 Å². The molecule has 0 aromatic heterocycles. The van der Waals surface area contributed by atoms with Gasteiger partial charge in [0.05, 0.1) is 12.2 Å². The van der Waals surface area contributed by atoms with E-state index >= 15 is 0 Å². The minimum Gasteiger partial charge on any atom is -0.463 e. The zero-order valence-electron chi connectivity index (χ0n) is 10.2. The molecule has 0 fully saturated rings. The van der Waals surface area contributed by atoms with Crippen molar-refractivity contribution in [3.63, 3.8) is 0 Å². The van der Waals surface area contributed by atoms with Gasteiger partial charge in [0.1, 0.15) is 0 Å². The minimum absolute atomic E-state index is 0.188. The van der Waals surface area contributed by atoms with Crippen molar-refractivity contribution in [1.82, 2.24) is 0 Å². The fourth-order valence-electron chi connectivity index (χ4n) is 1.87. The van der Waals surface area contributed by atoms with Gasteiger partial charge in [-0.15, -0.1) is 0 Å². The van der Waals surface area contributed by atoms with Crippen molar-refractivity contribution in [2.24, 2.45) is 5.41 Å². The van der Waals surface area contributed by atoms with Gasteiger partial charge in [0.25, 0.3) is 0 Å². The monoisotopic (exact) mass is 212 g/mol. The van der Waals surface area contributed by atoms with Crippen LogP contribution < -0.4 is 0 Å². The van der Waals surface area contributed by atoms with Crippen LogP contribution in [0.2, 0.25) is 0 Å². The molecule has 0 unspecified atom stereocenters. The first kappa shape index (κ1) is 12.2. The zero-order valence-corrected chi connectivity index (χ0v) is 10.2. The van der Waals surface area contributed by atoms with Gasteiger partial charge >= 0.3 is 5.97 Å². The summed E-state index contributed by atoms with van der Waals surface area (Å²) >= 11 is 0. The highest BCUT2D eigenvalue weighted by Gasteiger charge is 2.50. The van der Waals surface area contributed by atoms with Crippen LogP contribution in [0.1, 0.15) is 41.0 Å². The first-order chi connectivity index (χ1) is 6.70. The number of esters is 1. The molecule has 0 saturated heterocycles. The van der Waals surface area contributed by atoms with Crippen molar-refractivity contribution < 1.29 is 14.6 Å². The molecule has 3 nitrogen and oxygen atoms in total. The first-order valence-corrected chi connectivity index (χ1v) is 5.33. The molecule has 0 aromatic rings. The van der Waals surface area contributed by atoms with Crippen molar-refractivity contribution in [2.45, 2.75) is 46.6 Å². The van der Waals surface area contributed by atoms with Gasteiger partial charge in [-0.05, 0) is 32.8 Å². The van der Waals surface area contributed by atoms with Crippen LogP contribution in [0.3, 0.4) is 0 Å². The average Bonchev–Trinajstić information content (AvgIpc) is 2.50. The number of hydrogen-bond donors (Lipinski definition) is 1. The van der Waals surface area contributed by atoms with Gasteiger partial charge in [0.2, 0.25) is 0 Å². The lowest BCUT2D eigenvalue weighted by Crippen LogP contribution is -2.18. The standard InChI is InChI=1S/C12H20O3/c1-6-15-10(13)9-8(12(9,4)5)7-11(2,3)14/h14H,6-7H2,1-5H3. The molecule has 1 N–H and O–H groups in total. The lowest BCUT2D eigenvalue weighted by molar-refractivity contribution is -0.138. The van der Waals surface area contributed by atoms with Gasteiger partial charge in [0, 0.05) is 11.0 Å². The van der Waals surface area contributed by atoms with Crippen molar-refractivity contribution in [3.8, 4) is 0 Å². The summed E-state index contributed by atoms with van der Waals surface area (Å²) < 4.78 is 4.97. The van der Waals surface area contributed by atoms with Gasteiger partial charge in [-0.25, -0.2) is 4.79 Å². The van der Waals surface area contributed by atoms with E-state index in [4.69, 9.17) is 4.74 Å². The zero-order chi connectivity index (χ0) is 11.9. The number of hydrogen-bond acceptors (Lipinski definition) is 3. The highest BCUT2D eigenvalue weighted by atomic mass is 16.5. The summed E-state index contributed by atoms with van der Waals surface area (Å²) in [6, 6.07) is 0. The second-order valence-corrected chi connectivity index (χ2v) is 5.19. The van der Waals surface area contributed by atoms with Crippen LogP contribution in [0.15, 0.2) is 11.1 Å². The van der Waals surface area contributed by atoms with E-state index in [0.29, 0.717) is 13.0 Å². The maximum atomic E-state index is 11.6. The molecule has 1 aliphatic carbocycles. The van der Waals surface area contributed by atoms with Crippen LogP contribution in [-0.4, -0.2) is 23.3 Å². The third-order valence-corrected chi connectivity index (χ3v) is 2.71. The Bertz CT molecular complexity index is 305. The summed E-state index contributed by atoms with van der Waals surface area (Å²) in [5, 5.41) is 9.70. The van der Waals surface area contributed by atoms with Crippen LogP contribution in [0, 0.1) is 5.41 Å². The second kappa shape index (κ2) is 3.63. The second-order valence-electron chi connectivity index (χ2n) is 5.19. The molecule has 3 heteroatoms. The first-order valence-electron chi connectivity index (χ1n) is 5.33. The lowest BCUT2D eigenvalue weighted by atomic mass is 9.96. The van der Waals surface area contributed by atoms with E-state index < -0.39 is 5.60 Å². The molecule has 15 heavy (non-hydrogen) atoms. The number of rotatable bonds is 4. The molecule has 0 heterocycles. The van der Waals surface area contributed by atoms with Crippen molar-refractivity contribution in [2.75, 3.05) is 6.61 Å². The van der Waals surface area contributed by atoms with Crippen molar-refractivity contribution >= 4 is 5.97 Å². The highest BCUT2D eigenvalue weighted by molar-refractivity contribution is 5.97. The Labute approximate surface area is 91.1 Å². The molecule has 0 aliphatic heterocycles. The van der Waals surface area contributed by atoms with Crippen LogP contribution in [0.4, 0.5) is 0 Å². The Kier molecular flexibility index (Phi) is 2.97. The maximum Gasteiger partial charge on any atom is 0.334 e. The molecule has 1 rings (SSSR count). The summed E-state index contributed by atoms with van der Waals surface area (Å²) in [4.78, 5) is 11.6. The lowest BCUT2D eigenvalue weighted by Gasteiger charge is -2.16. The van der Waals surface area contributed by atoms with E-state index in [0.717, 1.165) is 11.1 Å². The Balaban J connectivity index is 2.74. The fraction of sp³-hybridized carbons (Fsp3) is 0.750. The van der Waals surface area contributed by atoms with Crippen LogP contribution in [-0.2, 0) is 9.53 Å². The molecule has 0 atom stereocenters.